The van der Waals surface area contributed by atoms with Crippen molar-refractivity contribution in [2.24, 2.45) is 0 Å². The second-order valence-corrected chi connectivity index (χ2v) is 4.70. The van der Waals surface area contributed by atoms with Crippen LogP contribution in [0.25, 0.3) is 0 Å². The van der Waals surface area contributed by atoms with Crippen molar-refractivity contribution in [2.75, 3.05) is 52.8 Å². The standard InChI is InChI=1S/C14H22N2O3/c1-16-6-7-19-12(10-16)9-15-13-8-11(17-2)4-5-14(13)18-3/h4-5,8,12,15H,6-7,9-10H2,1-3H3. The highest BCUT2D eigenvalue weighted by Gasteiger charge is 2.17. The molecule has 1 saturated heterocycles. The zero-order valence-electron chi connectivity index (χ0n) is 11.8. The molecule has 0 saturated carbocycles. The monoisotopic (exact) mass is 266 g/mol. The van der Waals surface area contributed by atoms with E-state index in [2.05, 4.69) is 17.3 Å². The van der Waals surface area contributed by atoms with Gasteiger partial charge in [-0.15, -0.1) is 0 Å². The van der Waals surface area contributed by atoms with Crippen LogP contribution in [-0.2, 0) is 4.74 Å². The topological polar surface area (TPSA) is 43.0 Å². The maximum Gasteiger partial charge on any atom is 0.142 e. The molecule has 5 nitrogen and oxygen atoms in total. The quantitative estimate of drug-likeness (QED) is 0.873. The number of hydrogen-bond acceptors (Lipinski definition) is 5. The number of nitrogens with one attached hydrogen (secondary N) is 1. The van der Waals surface area contributed by atoms with Crippen LogP contribution in [-0.4, -0.2) is 58.5 Å². The van der Waals surface area contributed by atoms with Crippen molar-refractivity contribution in [1.29, 1.82) is 0 Å². The SMILES string of the molecule is COc1ccc(OC)c(NCC2CN(C)CCO2)c1. The van der Waals surface area contributed by atoms with Crippen molar-refractivity contribution >= 4 is 5.69 Å². The number of morpholine rings is 1. The number of hydrogen-bond donors (Lipinski definition) is 1. The Labute approximate surface area is 114 Å². The summed E-state index contributed by atoms with van der Waals surface area (Å²) in [6, 6.07) is 5.72. The summed E-state index contributed by atoms with van der Waals surface area (Å²) >= 11 is 0. The van der Waals surface area contributed by atoms with Crippen molar-refractivity contribution in [3.05, 3.63) is 18.2 Å². The fourth-order valence-corrected chi connectivity index (χ4v) is 2.17. The molecule has 0 aromatic heterocycles. The van der Waals surface area contributed by atoms with E-state index in [4.69, 9.17) is 14.2 Å². The number of ether oxygens (including phenoxy) is 3. The van der Waals surface area contributed by atoms with Crippen molar-refractivity contribution in [3.8, 4) is 11.5 Å². The first-order valence-electron chi connectivity index (χ1n) is 6.49. The number of benzene rings is 1. The molecule has 5 heteroatoms. The Balaban J connectivity index is 1.97. The lowest BCUT2D eigenvalue weighted by atomic mass is 10.2. The highest BCUT2D eigenvalue weighted by molar-refractivity contribution is 5.59. The van der Waals surface area contributed by atoms with Gasteiger partial charge in [0.15, 0.2) is 0 Å². The van der Waals surface area contributed by atoms with Gasteiger partial charge in [-0.3, -0.25) is 0 Å². The average Bonchev–Trinajstić information content (AvgIpc) is 2.45. The lowest BCUT2D eigenvalue weighted by Crippen LogP contribution is -2.43. The minimum atomic E-state index is 0.203. The van der Waals surface area contributed by atoms with Gasteiger partial charge in [0.1, 0.15) is 11.5 Å². The minimum absolute atomic E-state index is 0.203. The van der Waals surface area contributed by atoms with Crippen LogP contribution in [0.5, 0.6) is 11.5 Å². The van der Waals surface area contributed by atoms with Crippen LogP contribution in [0.1, 0.15) is 0 Å². The molecule has 0 bridgehead atoms. The fourth-order valence-electron chi connectivity index (χ4n) is 2.17. The molecule has 2 rings (SSSR count). The molecule has 19 heavy (non-hydrogen) atoms. The summed E-state index contributed by atoms with van der Waals surface area (Å²) in [6.07, 6.45) is 0.203. The van der Waals surface area contributed by atoms with E-state index in [-0.39, 0.29) is 6.10 Å². The summed E-state index contributed by atoms with van der Waals surface area (Å²) in [7, 11) is 5.43. The molecule has 1 atom stereocenters. The third-order valence-corrected chi connectivity index (χ3v) is 3.27. The third kappa shape index (κ3) is 3.75. The van der Waals surface area contributed by atoms with Gasteiger partial charge in [0.2, 0.25) is 0 Å². The lowest BCUT2D eigenvalue weighted by Gasteiger charge is -2.30. The molecule has 1 unspecified atom stereocenters. The minimum Gasteiger partial charge on any atom is -0.497 e. The van der Waals surface area contributed by atoms with E-state index in [1.54, 1.807) is 14.2 Å². The number of nitrogens with zero attached hydrogens (tertiary/aromatic N) is 1. The molecule has 106 valence electrons. The van der Waals surface area contributed by atoms with Gasteiger partial charge >= 0.3 is 0 Å². The summed E-state index contributed by atoms with van der Waals surface area (Å²) < 4.78 is 16.3. The second-order valence-electron chi connectivity index (χ2n) is 4.70. The summed E-state index contributed by atoms with van der Waals surface area (Å²) in [5.41, 5.74) is 0.929. The first-order valence-corrected chi connectivity index (χ1v) is 6.49. The molecule has 0 amide bonds. The second kappa shape index (κ2) is 6.63. The van der Waals surface area contributed by atoms with Crippen LogP contribution in [0.3, 0.4) is 0 Å². The predicted octanol–water partition coefficient (Wildman–Crippen LogP) is 1.45. The Morgan fingerprint density at radius 3 is 2.89 bits per heavy atom. The lowest BCUT2D eigenvalue weighted by molar-refractivity contribution is -0.0117. The maximum absolute atomic E-state index is 5.72. The number of anilines is 1. The largest absolute Gasteiger partial charge is 0.497 e. The van der Waals surface area contributed by atoms with E-state index in [0.29, 0.717) is 0 Å². The predicted molar refractivity (Wildman–Crippen MR) is 75.3 cm³/mol. The molecule has 1 aliphatic heterocycles. The Bertz CT molecular complexity index is 412. The normalized spacial score (nSPS) is 20.1. The van der Waals surface area contributed by atoms with Crippen LogP contribution in [0.2, 0.25) is 0 Å². The molecule has 1 aromatic carbocycles. The summed E-state index contributed by atoms with van der Waals surface area (Å²) in [5.74, 6) is 1.62. The number of rotatable bonds is 5. The van der Waals surface area contributed by atoms with Crippen LogP contribution in [0.15, 0.2) is 18.2 Å². The van der Waals surface area contributed by atoms with Gasteiger partial charge < -0.3 is 24.4 Å². The van der Waals surface area contributed by atoms with Crippen molar-refractivity contribution < 1.29 is 14.2 Å². The van der Waals surface area contributed by atoms with Crippen LogP contribution < -0.4 is 14.8 Å². The van der Waals surface area contributed by atoms with Crippen molar-refractivity contribution in [3.63, 3.8) is 0 Å². The van der Waals surface area contributed by atoms with Gasteiger partial charge in [-0.25, -0.2) is 0 Å². The van der Waals surface area contributed by atoms with Crippen molar-refractivity contribution in [1.82, 2.24) is 4.90 Å². The molecule has 1 heterocycles. The fraction of sp³-hybridized carbons (Fsp3) is 0.571. The van der Waals surface area contributed by atoms with E-state index in [1.807, 2.05) is 18.2 Å². The van der Waals surface area contributed by atoms with Gasteiger partial charge in [0, 0.05) is 25.7 Å². The molecule has 1 fully saturated rings. The molecule has 1 N–H and O–H groups in total. The Morgan fingerprint density at radius 2 is 2.21 bits per heavy atom. The Hall–Kier alpha value is -1.46. The van der Waals surface area contributed by atoms with E-state index >= 15 is 0 Å². The van der Waals surface area contributed by atoms with Gasteiger partial charge in [-0.1, -0.05) is 0 Å². The summed E-state index contributed by atoms with van der Waals surface area (Å²) in [6.45, 7) is 3.49. The number of likely N-dealkylation sites (N-methyl/N-ethyl adjacent to an activating group) is 1. The molecule has 0 radical (unpaired) electrons. The van der Waals surface area contributed by atoms with E-state index in [1.165, 1.54) is 0 Å². The highest BCUT2D eigenvalue weighted by atomic mass is 16.5. The average molecular weight is 266 g/mol. The zero-order chi connectivity index (χ0) is 13.7. The maximum atomic E-state index is 5.72. The molecular weight excluding hydrogens is 244 g/mol. The van der Waals surface area contributed by atoms with Crippen LogP contribution in [0.4, 0.5) is 5.69 Å². The van der Waals surface area contributed by atoms with Crippen LogP contribution >= 0.6 is 0 Å². The van der Waals surface area contributed by atoms with E-state index in [0.717, 1.165) is 43.4 Å². The summed E-state index contributed by atoms with van der Waals surface area (Å²) in [4.78, 5) is 2.28. The number of methoxy groups -OCH3 is 2. The molecule has 1 aliphatic rings. The first-order chi connectivity index (χ1) is 9.22. The Morgan fingerprint density at radius 1 is 1.37 bits per heavy atom. The molecule has 0 spiro atoms. The van der Waals surface area contributed by atoms with Gasteiger partial charge in [-0.2, -0.15) is 0 Å². The summed E-state index contributed by atoms with van der Waals surface area (Å²) in [5, 5.41) is 3.37. The highest BCUT2D eigenvalue weighted by Crippen LogP contribution is 2.28. The van der Waals surface area contributed by atoms with Crippen LogP contribution in [0, 0.1) is 0 Å². The zero-order valence-corrected chi connectivity index (χ0v) is 11.8. The van der Waals surface area contributed by atoms with Gasteiger partial charge in [-0.05, 0) is 19.2 Å². The third-order valence-electron chi connectivity index (χ3n) is 3.27. The van der Waals surface area contributed by atoms with E-state index in [9.17, 15) is 0 Å². The van der Waals surface area contributed by atoms with Gasteiger partial charge in [0.05, 0.1) is 32.6 Å². The molecule has 1 aromatic rings. The molecular formula is C14H22N2O3. The van der Waals surface area contributed by atoms with E-state index < -0.39 is 0 Å². The Kier molecular flexibility index (Phi) is 4.87. The first kappa shape index (κ1) is 14.0. The van der Waals surface area contributed by atoms with Gasteiger partial charge in [0.25, 0.3) is 0 Å². The smallest absolute Gasteiger partial charge is 0.142 e. The molecule has 0 aliphatic carbocycles. The van der Waals surface area contributed by atoms with Crippen molar-refractivity contribution in [2.45, 2.75) is 6.10 Å².